The van der Waals surface area contributed by atoms with Gasteiger partial charge in [-0.1, -0.05) is 24.3 Å². The highest BCUT2D eigenvalue weighted by Gasteiger charge is 2.07. The molecule has 0 saturated heterocycles. The van der Waals surface area contributed by atoms with Gasteiger partial charge in [-0.15, -0.1) is 0 Å². The van der Waals surface area contributed by atoms with E-state index in [2.05, 4.69) is 9.98 Å². The second kappa shape index (κ2) is 5.45. The summed E-state index contributed by atoms with van der Waals surface area (Å²) in [5, 5.41) is 10.3. The number of para-hydroxylation sites is 2. The Morgan fingerprint density at radius 1 is 0.900 bits per heavy atom. The molecule has 0 bridgehead atoms. The first-order chi connectivity index (χ1) is 9.84. The first-order valence-electron chi connectivity index (χ1n) is 6.39. The molecule has 0 saturated carbocycles. The molecule has 2 aromatic carbocycles. The number of aromatic hydroxyl groups is 1. The van der Waals surface area contributed by atoms with Crippen LogP contribution < -0.4 is 0 Å². The van der Waals surface area contributed by atoms with Crippen LogP contribution in [0, 0.1) is 0 Å². The van der Waals surface area contributed by atoms with Crippen molar-refractivity contribution in [1.82, 2.24) is 4.98 Å². The number of aromatic nitrogens is 1. The van der Waals surface area contributed by atoms with Crippen LogP contribution in [0.25, 0.3) is 11.3 Å². The molecule has 0 aliphatic rings. The molecule has 1 heterocycles. The van der Waals surface area contributed by atoms with Crippen molar-refractivity contribution in [2.75, 3.05) is 0 Å². The van der Waals surface area contributed by atoms with Crippen molar-refractivity contribution >= 4 is 11.9 Å². The Morgan fingerprint density at radius 3 is 2.50 bits per heavy atom. The van der Waals surface area contributed by atoms with Crippen molar-refractivity contribution < 1.29 is 5.11 Å². The topological polar surface area (TPSA) is 48.4 Å². The molecule has 0 unspecified atom stereocenters. The number of aliphatic imine (C=N–C) groups is 1. The van der Waals surface area contributed by atoms with Crippen LogP contribution in [-0.4, -0.2) is 16.3 Å². The summed E-state index contributed by atoms with van der Waals surface area (Å²) in [6, 6.07) is 19.1. The maximum absolute atomic E-state index is 10.3. The fraction of sp³-hybridized carbons (Fsp3) is 0. The van der Waals surface area contributed by atoms with E-state index in [1.165, 1.54) is 0 Å². The van der Waals surface area contributed by atoms with Crippen LogP contribution >= 0.6 is 0 Å². The summed E-state index contributed by atoms with van der Waals surface area (Å²) in [6.45, 7) is 0. The second-order valence-electron chi connectivity index (χ2n) is 4.42. The lowest BCUT2D eigenvalue weighted by Crippen LogP contribution is -1.86. The number of phenolic OH excluding ortho intramolecular Hbond substituents is 1. The maximum Gasteiger partial charge on any atom is 0.133 e. The highest BCUT2D eigenvalue weighted by atomic mass is 16.3. The Balaban J connectivity index is 1.95. The van der Waals surface area contributed by atoms with Crippen LogP contribution in [0.1, 0.15) is 5.56 Å². The molecular formula is C17H14N2O. The van der Waals surface area contributed by atoms with Crippen molar-refractivity contribution in [2.24, 2.45) is 4.99 Å². The molecule has 1 aromatic heterocycles. The lowest BCUT2D eigenvalue weighted by Gasteiger charge is -2.05. The molecule has 20 heavy (non-hydrogen) atoms. The normalized spacial score (nSPS) is 11.0. The van der Waals surface area contributed by atoms with Gasteiger partial charge in [0, 0.05) is 29.2 Å². The summed E-state index contributed by atoms with van der Waals surface area (Å²) >= 11 is 0. The van der Waals surface area contributed by atoms with E-state index in [0.717, 1.165) is 16.9 Å². The monoisotopic (exact) mass is 262 g/mol. The summed E-state index contributed by atoms with van der Waals surface area (Å²) < 4.78 is 0. The van der Waals surface area contributed by atoms with Gasteiger partial charge in [-0.25, -0.2) is 0 Å². The summed E-state index contributed by atoms with van der Waals surface area (Å²) in [6.07, 6.45) is 3.51. The zero-order valence-electron chi connectivity index (χ0n) is 10.8. The van der Waals surface area contributed by atoms with Gasteiger partial charge in [0.25, 0.3) is 0 Å². The van der Waals surface area contributed by atoms with Gasteiger partial charge in [0.2, 0.25) is 0 Å². The van der Waals surface area contributed by atoms with Crippen molar-refractivity contribution in [3.05, 3.63) is 72.4 Å². The number of nitrogens with one attached hydrogen (secondary N) is 1. The summed E-state index contributed by atoms with van der Waals surface area (Å²) in [4.78, 5) is 7.46. The number of hydrogen-bond acceptors (Lipinski definition) is 2. The van der Waals surface area contributed by atoms with Crippen molar-refractivity contribution in [3.63, 3.8) is 0 Å². The Labute approximate surface area is 117 Å². The largest absolute Gasteiger partial charge is 0.507 e. The molecule has 3 aromatic rings. The van der Waals surface area contributed by atoms with Gasteiger partial charge in [0.1, 0.15) is 5.75 Å². The third-order valence-corrected chi connectivity index (χ3v) is 3.06. The van der Waals surface area contributed by atoms with E-state index in [9.17, 15) is 5.11 Å². The summed E-state index contributed by atoms with van der Waals surface area (Å²) in [5.41, 5.74) is 3.21. The van der Waals surface area contributed by atoms with Crippen molar-refractivity contribution in [3.8, 4) is 17.0 Å². The van der Waals surface area contributed by atoms with Crippen LogP contribution in [0.15, 0.2) is 71.9 Å². The van der Waals surface area contributed by atoms with E-state index in [1.54, 1.807) is 6.21 Å². The van der Waals surface area contributed by atoms with E-state index < -0.39 is 0 Å². The van der Waals surface area contributed by atoms with Crippen molar-refractivity contribution in [2.45, 2.75) is 0 Å². The SMILES string of the molecule is Oc1c(/C=N/c2ccccc2)cccc1-c1ccc[nH]1. The van der Waals surface area contributed by atoms with Gasteiger partial charge >= 0.3 is 0 Å². The molecule has 3 heteroatoms. The average molecular weight is 262 g/mol. The quantitative estimate of drug-likeness (QED) is 0.685. The molecule has 0 amide bonds. The average Bonchev–Trinajstić information content (AvgIpc) is 3.01. The van der Waals surface area contributed by atoms with Gasteiger partial charge in [-0.2, -0.15) is 0 Å². The minimum Gasteiger partial charge on any atom is -0.507 e. The van der Waals surface area contributed by atoms with Crippen molar-refractivity contribution in [1.29, 1.82) is 0 Å². The molecule has 3 rings (SSSR count). The minimum absolute atomic E-state index is 0.231. The van der Waals surface area contributed by atoms with Gasteiger partial charge in [0.05, 0.1) is 5.69 Å². The third kappa shape index (κ3) is 2.47. The molecule has 3 nitrogen and oxygen atoms in total. The zero-order valence-corrected chi connectivity index (χ0v) is 10.8. The van der Waals surface area contributed by atoms with E-state index in [0.29, 0.717) is 5.56 Å². The van der Waals surface area contributed by atoms with E-state index in [-0.39, 0.29) is 5.75 Å². The molecule has 0 fully saturated rings. The Kier molecular flexibility index (Phi) is 3.33. The minimum atomic E-state index is 0.231. The molecule has 98 valence electrons. The number of phenols is 1. The first-order valence-corrected chi connectivity index (χ1v) is 6.39. The molecule has 0 aliphatic heterocycles. The lowest BCUT2D eigenvalue weighted by atomic mass is 10.1. The number of nitrogens with zero attached hydrogens (tertiary/aromatic N) is 1. The summed E-state index contributed by atoms with van der Waals surface area (Å²) in [7, 11) is 0. The number of hydrogen-bond donors (Lipinski definition) is 2. The Hall–Kier alpha value is -2.81. The smallest absolute Gasteiger partial charge is 0.133 e. The van der Waals surface area contributed by atoms with Crippen LogP contribution in [0.3, 0.4) is 0 Å². The molecule has 0 atom stereocenters. The van der Waals surface area contributed by atoms with Gasteiger partial charge in [-0.05, 0) is 36.4 Å². The summed E-state index contributed by atoms with van der Waals surface area (Å²) in [5.74, 6) is 0.231. The van der Waals surface area contributed by atoms with Gasteiger partial charge < -0.3 is 10.1 Å². The fourth-order valence-electron chi connectivity index (χ4n) is 2.04. The number of H-pyrrole nitrogens is 1. The molecular weight excluding hydrogens is 248 g/mol. The number of benzene rings is 2. The number of rotatable bonds is 3. The van der Waals surface area contributed by atoms with Crippen LogP contribution in [0.5, 0.6) is 5.75 Å². The fourth-order valence-corrected chi connectivity index (χ4v) is 2.04. The van der Waals surface area contributed by atoms with E-state index in [1.807, 2.05) is 66.9 Å². The van der Waals surface area contributed by atoms with E-state index >= 15 is 0 Å². The standard InChI is InChI=1S/C17H14N2O/c20-17-13(12-19-14-7-2-1-3-8-14)6-4-9-15(17)16-10-5-11-18-16/h1-12,18,20H/b19-12+. The molecule has 2 N–H and O–H groups in total. The van der Waals surface area contributed by atoms with Gasteiger partial charge in [0.15, 0.2) is 0 Å². The van der Waals surface area contributed by atoms with Crippen LogP contribution in [0.2, 0.25) is 0 Å². The van der Waals surface area contributed by atoms with E-state index in [4.69, 9.17) is 0 Å². The van der Waals surface area contributed by atoms with Crippen LogP contribution in [-0.2, 0) is 0 Å². The number of aromatic amines is 1. The Bertz CT molecular complexity index is 716. The third-order valence-electron chi connectivity index (χ3n) is 3.06. The highest BCUT2D eigenvalue weighted by molar-refractivity contribution is 5.89. The highest BCUT2D eigenvalue weighted by Crippen LogP contribution is 2.30. The molecule has 0 radical (unpaired) electrons. The van der Waals surface area contributed by atoms with Crippen LogP contribution in [0.4, 0.5) is 5.69 Å². The first kappa shape index (κ1) is 12.2. The Morgan fingerprint density at radius 2 is 1.75 bits per heavy atom. The molecule has 0 spiro atoms. The zero-order chi connectivity index (χ0) is 13.8. The lowest BCUT2D eigenvalue weighted by molar-refractivity contribution is 0.476. The molecule has 0 aliphatic carbocycles. The predicted molar refractivity (Wildman–Crippen MR) is 81.6 cm³/mol. The van der Waals surface area contributed by atoms with Gasteiger partial charge in [-0.3, -0.25) is 4.99 Å². The maximum atomic E-state index is 10.3. The predicted octanol–water partition coefficient (Wildman–Crippen LogP) is 4.14. The second-order valence-corrected chi connectivity index (χ2v) is 4.42.